The van der Waals surface area contributed by atoms with Crippen molar-refractivity contribution >= 4 is 37.6 Å². The summed E-state index contributed by atoms with van der Waals surface area (Å²) in [5.74, 6) is 0. The number of β-amino-alcohol motifs (C(OH)–C–C–N with tert-alkyl or cyclic N) is 1. The van der Waals surface area contributed by atoms with Crippen LogP contribution in [0.25, 0.3) is 0 Å². The third-order valence-corrected chi connectivity index (χ3v) is 6.06. The van der Waals surface area contributed by atoms with E-state index in [0.29, 0.717) is 17.4 Å². The molecule has 0 bridgehead atoms. The van der Waals surface area contributed by atoms with Gasteiger partial charge in [-0.05, 0) is 42.5 Å². The molecule has 1 aromatic heterocycles. The van der Waals surface area contributed by atoms with Crippen LogP contribution in [0, 0.1) is 0 Å². The second-order valence-corrected chi connectivity index (χ2v) is 8.46. The summed E-state index contributed by atoms with van der Waals surface area (Å²) in [5.41, 5.74) is 0. The van der Waals surface area contributed by atoms with Gasteiger partial charge in [0, 0.05) is 29.8 Å². The van der Waals surface area contributed by atoms with Crippen molar-refractivity contribution in [3.63, 3.8) is 0 Å². The molecule has 2 heterocycles. The van der Waals surface area contributed by atoms with Gasteiger partial charge in [0.15, 0.2) is 0 Å². The number of halogens is 2. The van der Waals surface area contributed by atoms with Gasteiger partial charge >= 0.3 is 0 Å². The summed E-state index contributed by atoms with van der Waals surface area (Å²) in [4.78, 5) is 5.71. The Morgan fingerprint density at radius 2 is 2.24 bits per heavy atom. The summed E-state index contributed by atoms with van der Waals surface area (Å²) in [7, 11) is -0.0689. The Labute approximate surface area is 137 Å². The molecule has 21 heavy (non-hydrogen) atoms. The molecule has 0 spiro atoms. The first-order chi connectivity index (χ1) is 9.71. The molecule has 0 radical (unpaired) electrons. The number of likely N-dealkylation sites (N-methyl/N-ethyl adjacent to an activating group) is 1. The van der Waals surface area contributed by atoms with Crippen molar-refractivity contribution in [2.75, 3.05) is 27.2 Å². The van der Waals surface area contributed by atoms with Gasteiger partial charge in [-0.1, -0.05) is 11.6 Å². The number of aromatic nitrogens is 1. The van der Waals surface area contributed by atoms with E-state index in [9.17, 15) is 13.5 Å². The zero-order chi connectivity index (χ0) is 15.8. The van der Waals surface area contributed by atoms with E-state index in [1.165, 1.54) is 16.6 Å². The summed E-state index contributed by atoms with van der Waals surface area (Å²) < 4.78 is 27.4. The smallest absolute Gasteiger partial charge is 0.246 e. The second kappa shape index (κ2) is 6.47. The molecule has 1 N–H and O–H groups in total. The summed E-state index contributed by atoms with van der Waals surface area (Å²) in [6, 6.07) is 1.15. The molecule has 118 valence electrons. The van der Waals surface area contributed by atoms with Crippen LogP contribution >= 0.6 is 27.5 Å². The molecular weight excluding hydrogens is 382 g/mol. The number of sulfonamides is 1. The van der Waals surface area contributed by atoms with E-state index in [4.69, 9.17) is 11.6 Å². The van der Waals surface area contributed by atoms with Gasteiger partial charge in [0.2, 0.25) is 10.0 Å². The van der Waals surface area contributed by atoms with Crippen LogP contribution in [0.2, 0.25) is 5.15 Å². The van der Waals surface area contributed by atoms with Crippen LogP contribution in [0.3, 0.4) is 0 Å². The number of hydrogen-bond donors (Lipinski definition) is 1. The van der Waals surface area contributed by atoms with Crippen molar-refractivity contribution in [2.45, 2.75) is 23.5 Å². The van der Waals surface area contributed by atoms with E-state index in [2.05, 4.69) is 20.9 Å². The van der Waals surface area contributed by atoms with Crippen LogP contribution in [-0.2, 0) is 10.0 Å². The van der Waals surface area contributed by atoms with Crippen molar-refractivity contribution in [3.05, 3.63) is 21.9 Å². The number of pyridine rings is 1. The summed E-state index contributed by atoms with van der Waals surface area (Å²) in [6.07, 6.45) is 1.19. The second-order valence-electron chi connectivity index (χ2n) is 5.32. The van der Waals surface area contributed by atoms with Crippen LogP contribution in [0.1, 0.15) is 6.42 Å². The first kappa shape index (κ1) is 17.1. The van der Waals surface area contributed by atoms with Gasteiger partial charge in [-0.2, -0.15) is 4.31 Å². The van der Waals surface area contributed by atoms with Gasteiger partial charge in [0.05, 0.1) is 6.10 Å². The highest BCUT2D eigenvalue weighted by molar-refractivity contribution is 9.10. The van der Waals surface area contributed by atoms with Gasteiger partial charge in [0.1, 0.15) is 10.0 Å². The number of nitrogens with zero attached hydrogens (tertiary/aromatic N) is 3. The predicted molar refractivity (Wildman–Crippen MR) is 83.8 cm³/mol. The molecule has 1 aliphatic heterocycles. The molecule has 0 amide bonds. The number of aliphatic hydroxyl groups excluding tert-OH is 1. The Morgan fingerprint density at radius 1 is 1.57 bits per heavy atom. The minimum Gasteiger partial charge on any atom is -0.392 e. The maximum absolute atomic E-state index is 12.8. The fourth-order valence-electron chi connectivity index (χ4n) is 2.46. The van der Waals surface area contributed by atoms with E-state index in [-0.39, 0.29) is 22.6 Å². The molecule has 1 saturated heterocycles. The molecule has 0 saturated carbocycles. The maximum atomic E-state index is 12.8. The Balaban J connectivity index is 2.39. The highest BCUT2D eigenvalue weighted by atomic mass is 79.9. The van der Waals surface area contributed by atoms with E-state index >= 15 is 0 Å². The van der Waals surface area contributed by atoms with Crippen molar-refractivity contribution in [1.82, 2.24) is 14.2 Å². The minimum atomic E-state index is -3.80. The molecule has 0 aliphatic carbocycles. The average molecular weight is 399 g/mol. The lowest BCUT2D eigenvalue weighted by Gasteiger charge is -2.26. The van der Waals surface area contributed by atoms with E-state index in [0.717, 1.165) is 0 Å². The summed E-state index contributed by atoms with van der Waals surface area (Å²) in [5, 5.41) is 9.77. The van der Waals surface area contributed by atoms with Crippen LogP contribution in [0.5, 0.6) is 0 Å². The number of hydrogen-bond acceptors (Lipinski definition) is 5. The highest BCUT2D eigenvalue weighted by Gasteiger charge is 2.40. The van der Waals surface area contributed by atoms with Crippen LogP contribution in [-0.4, -0.2) is 67.0 Å². The molecule has 6 nitrogen and oxygen atoms in total. The molecule has 1 aliphatic rings. The van der Waals surface area contributed by atoms with E-state index in [1.807, 2.05) is 19.0 Å². The maximum Gasteiger partial charge on any atom is 0.246 e. The molecule has 1 fully saturated rings. The Kier molecular flexibility index (Phi) is 5.27. The fourth-order valence-corrected chi connectivity index (χ4v) is 5.04. The topological polar surface area (TPSA) is 73.7 Å². The zero-order valence-corrected chi connectivity index (χ0v) is 14.9. The zero-order valence-electron chi connectivity index (χ0n) is 11.7. The first-order valence-corrected chi connectivity index (χ1v) is 8.98. The fraction of sp³-hybridized carbons (Fsp3) is 0.583. The lowest BCUT2D eigenvalue weighted by Crippen LogP contribution is -2.41. The summed E-state index contributed by atoms with van der Waals surface area (Å²) >= 11 is 9.14. The lowest BCUT2D eigenvalue weighted by molar-refractivity contribution is 0.188. The van der Waals surface area contributed by atoms with Crippen molar-refractivity contribution in [2.24, 2.45) is 0 Å². The van der Waals surface area contributed by atoms with Gasteiger partial charge in [-0.25, -0.2) is 13.4 Å². The van der Waals surface area contributed by atoms with Crippen molar-refractivity contribution in [3.8, 4) is 0 Å². The minimum absolute atomic E-state index is 0.0450. The van der Waals surface area contributed by atoms with E-state index in [1.54, 1.807) is 0 Å². The third kappa shape index (κ3) is 3.75. The standard InChI is InChI=1S/C12H17BrClN3O3S/c1-16(2)6-9-4-10(18)7-17(9)21(19,20)11-3-8(13)5-15-12(11)14/h3,5,9-10,18H,4,6-7H2,1-2H3. The van der Waals surface area contributed by atoms with Crippen LogP contribution in [0.4, 0.5) is 0 Å². The molecule has 9 heteroatoms. The SMILES string of the molecule is CN(C)CC1CC(O)CN1S(=O)(=O)c1cc(Br)cnc1Cl. The van der Waals surface area contributed by atoms with Crippen LogP contribution in [0.15, 0.2) is 21.6 Å². The highest BCUT2D eigenvalue weighted by Crippen LogP contribution is 2.31. The average Bonchev–Trinajstić information content (AvgIpc) is 2.73. The molecule has 1 aromatic rings. The normalized spacial score (nSPS) is 23.9. The van der Waals surface area contributed by atoms with Gasteiger partial charge < -0.3 is 10.0 Å². The monoisotopic (exact) mass is 397 g/mol. The van der Waals surface area contributed by atoms with Crippen LogP contribution < -0.4 is 0 Å². The van der Waals surface area contributed by atoms with Crippen molar-refractivity contribution < 1.29 is 13.5 Å². The van der Waals surface area contributed by atoms with Crippen molar-refractivity contribution in [1.29, 1.82) is 0 Å². The molecule has 2 rings (SSSR count). The predicted octanol–water partition coefficient (Wildman–Crippen LogP) is 1.18. The molecular formula is C12H17BrClN3O3S. The molecule has 2 unspecified atom stereocenters. The Hall–Kier alpha value is -0.250. The van der Waals surface area contributed by atoms with Gasteiger partial charge in [-0.15, -0.1) is 0 Å². The molecule has 0 aromatic carbocycles. The number of aliphatic hydroxyl groups is 1. The van der Waals surface area contributed by atoms with Gasteiger partial charge in [-0.3, -0.25) is 0 Å². The van der Waals surface area contributed by atoms with E-state index < -0.39 is 16.1 Å². The largest absolute Gasteiger partial charge is 0.392 e. The van der Waals surface area contributed by atoms with Gasteiger partial charge in [0.25, 0.3) is 0 Å². The summed E-state index contributed by atoms with van der Waals surface area (Å²) in [6.45, 7) is 0.610. The third-order valence-electron chi connectivity index (χ3n) is 3.28. The Bertz CT molecular complexity index is 626. The quantitative estimate of drug-likeness (QED) is 0.771. The Morgan fingerprint density at radius 3 is 2.86 bits per heavy atom. The molecule has 2 atom stereocenters. The first-order valence-electron chi connectivity index (χ1n) is 6.37. The lowest BCUT2D eigenvalue weighted by atomic mass is 10.2. The number of rotatable bonds is 4.